The molecule has 0 saturated carbocycles. The molecule has 8 heteroatoms. The van der Waals surface area contributed by atoms with Crippen molar-refractivity contribution in [1.82, 2.24) is 9.55 Å². The molecule has 1 aromatic heterocycles. The molecule has 0 spiro atoms. The van der Waals surface area contributed by atoms with Gasteiger partial charge in [-0.15, -0.1) is 23.5 Å². The van der Waals surface area contributed by atoms with Crippen molar-refractivity contribution in [2.24, 2.45) is 0 Å². The van der Waals surface area contributed by atoms with Gasteiger partial charge in [-0.1, -0.05) is 46.4 Å². The summed E-state index contributed by atoms with van der Waals surface area (Å²) in [5, 5.41) is 2.57. The van der Waals surface area contributed by atoms with Crippen LogP contribution >= 0.6 is 69.9 Å². The molecule has 0 saturated heterocycles. The van der Waals surface area contributed by atoms with E-state index in [1.807, 2.05) is 48.9 Å². The van der Waals surface area contributed by atoms with E-state index < -0.39 is 0 Å². The second-order valence-corrected chi connectivity index (χ2v) is 9.56. The standard InChI is InChI=1S/C18H14Cl4N2S2/c19-15-3-1-12(7-17(15)21)25-10-14(9-24-6-5-23-11-24)26-13-2-4-16(20)18(22)8-13/h1-8,11,14H,9-10H2. The first-order chi connectivity index (χ1) is 12.5. The number of hydrogen-bond donors (Lipinski definition) is 0. The van der Waals surface area contributed by atoms with Gasteiger partial charge in [-0.3, -0.25) is 0 Å². The molecule has 1 atom stereocenters. The fourth-order valence-electron chi connectivity index (χ4n) is 2.25. The van der Waals surface area contributed by atoms with Crippen molar-refractivity contribution in [3.63, 3.8) is 0 Å². The predicted octanol–water partition coefficient (Wildman–Crippen LogP) is 7.45. The normalized spacial score (nSPS) is 12.3. The molecule has 0 N–H and O–H groups in total. The fraction of sp³-hybridized carbons (Fsp3) is 0.167. The van der Waals surface area contributed by atoms with Gasteiger partial charge in [-0.05, 0) is 36.4 Å². The van der Waals surface area contributed by atoms with Crippen LogP contribution in [0, 0.1) is 0 Å². The average Bonchev–Trinajstić information content (AvgIpc) is 3.12. The molecule has 2 aromatic carbocycles. The van der Waals surface area contributed by atoms with Crippen molar-refractivity contribution in [3.8, 4) is 0 Å². The first kappa shape index (κ1) is 20.2. The van der Waals surface area contributed by atoms with Gasteiger partial charge in [0.15, 0.2) is 0 Å². The zero-order valence-corrected chi connectivity index (χ0v) is 18.1. The number of nitrogens with zero attached hydrogens (tertiary/aromatic N) is 2. The molecular weight excluding hydrogens is 450 g/mol. The Morgan fingerprint density at radius 3 is 2.15 bits per heavy atom. The largest absolute Gasteiger partial charge is 0.336 e. The summed E-state index contributed by atoms with van der Waals surface area (Å²) in [4.78, 5) is 6.29. The summed E-state index contributed by atoms with van der Waals surface area (Å²) in [5.74, 6) is 0.890. The minimum Gasteiger partial charge on any atom is -0.336 e. The molecule has 2 nitrogen and oxygen atoms in total. The molecule has 1 unspecified atom stereocenters. The van der Waals surface area contributed by atoms with Crippen LogP contribution in [0.25, 0.3) is 0 Å². The van der Waals surface area contributed by atoms with Crippen molar-refractivity contribution >= 4 is 69.9 Å². The van der Waals surface area contributed by atoms with Crippen molar-refractivity contribution < 1.29 is 0 Å². The zero-order valence-electron chi connectivity index (χ0n) is 13.4. The molecule has 0 fully saturated rings. The Labute approximate surface area is 181 Å². The molecule has 0 aliphatic rings. The van der Waals surface area contributed by atoms with Crippen LogP contribution in [-0.2, 0) is 6.54 Å². The number of hydrogen-bond acceptors (Lipinski definition) is 3. The van der Waals surface area contributed by atoms with Gasteiger partial charge in [-0.2, -0.15) is 0 Å². The fourth-order valence-corrected chi connectivity index (χ4v) is 5.27. The van der Waals surface area contributed by atoms with Crippen LogP contribution in [0.15, 0.2) is 64.9 Å². The third-order valence-electron chi connectivity index (χ3n) is 3.49. The highest BCUT2D eigenvalue weighted by Crippen LogP contribution is 2.34. The molecule has 0 aliphatic heterocycles. The highest BCUT2D eigenvalue weighted by molar-refractivity contribution is 8.03. The lowest BCUT2D eigenvalue weighted by Gasteiger charge is -2.17. The summed E-state index contributed by atoms with van der Waals surface area (Å²) >= 11 is 27.8. The summed E-state index contributed by atoms with van der Waals surface area (Å²) in [6.07, 6.45) is 5.57. The molecule has 0 bridgehead atoms. The Kier molecular flexibility index (Phi) is 7.50. The second kappa shape index (κ2) is 9.63. The number of imidazole rings is 1. The molecule has 3 aromatic rings. The second-order valence-electron chi connectivity index (χ2n) is 5.46. The molecule has 0 amide bonds. The van der Waals surface area contributed by atoms with E-state index in [9.17, 15) is 0 Å². The first-order valence-corrected chi connectivity index (χ1v) is 11.0. The highest BCUT2D eigenvalue weighted by Gasteiger charge is 2.14. The summed E-state index contributed by atoms with van der Waals surface area (Å²) in [6.45, 7) is 0.833. The molecule has 0 radical (unpaired) electrons. The Morgan fingerprint density at radius 1 is 0.885 bits per heavy atom. The van der Waals surface area contributed by atoms with Gasteiger partial charge in [0.1, 0.15) is 0 Å². The van der Waals surface area contributed by atoms with Crippen LogP contribution in [0.5, 0.6) is 0 Å². The highest BCUT2D eigenvalue weighted by atomic mass is 35.5. The van der Waals surface area contributed by atoms with Crippen molar-refractivity contribution in [3.05, 3.63) is 75.2 Å². The topological polar surface area (TPSA) is 17.8 Å². The minimum atomic E-state index is 0.306. The molecular formula is C18H14Cl4N2S2. The lowest BCUT2D eigenvalue weighted by molar-refractivity contribution is 0.695. The van der Waals surface area contributed by atoms with Crippen LogP contribution in [0.4, 0.5) is 0 Å². The Hall–Kier alpha value is -0.490. The van der Waals surface area contributed by atoms with Crippen LogP contribution in [-0.4, -0.2) is 20.6 Å². The molecule has 26 heavy (non-hydrogen) atoms. The average molecular weight is 464 g/mol. The van der Waals surface area contributed by atoms with Crippen LogP contribution in [0.3, 0.4) is 0 Å². The molecule has 3 rings (SSSR count). The summed E-state index contributed by atoms with van der Waals surface area (Å²) < 4.78 is 2.07. The Bertz CT molecular complexity index is 872. The molecule has 1 heterocycles. The third-order valence-corrected chi connectivity index (χ3v) is 7.51. The van der Waals surface area contributed by atoms with Crippen LogP contribution in [0.2, 0.25) is 20.1 Å². The predicted molar refractivity (Wildman–Crippen MR) is 116 cm³/mol. The van der Waals surface area contributed by atoms with Gasteiger partial charge in [0.05, 0.1) is 26.4 Å². The minimum absolute atomic E-state index is 0.306. The van der Waals surface area contributed by atoms with Gasteiger partial charge < -0.3 is 4.57 Å². The van der Waals surface area contributed by atoms with Crippen molar-refractivity contribution in [2.45, 2.75) is 21.6 Å². The van der Waals surface area contributed by atoms with Gasteiger partial charge >= 0.3 is 0 Å². The molecule has 0 aliphatic carbocycles. The lowest BCUT2D eigenvalue weighted by atomic mass is 10.4. The lowest BCUT2D eigenvalue weighted by Crippen LogP contribution is -2.14. The maximum atomic E-state index is 6.15. The molecule has 136 valence electrons. The first-order valence-electron chi connectivity index (χ1n) is 7.66. The van der Waals surface area contributed by atoms with Crippen molar-refractivity contribution in [1.29, 1.82) is 0 Å². The van der Waals surface area contributed by atoms with Gasteiger partial charge in [-0.25, -0.2) is 4.98 Å². The van der Waals surface area contributed by atoms with Gasteiger partial charge in [0.25, 0.3) is 0 Å². The van der Waals surface area contributed by atoms with E-state index >= 15 is 0 Å². The number of benzene rings is 2. The van der Waals surface area contributed by atoms with Gasteiger partial charge in [0, 0.05) is 39.7 Å². The van der Waals surface area contributed by atoms with Crippen molar-refractivity contribution in [2.75, 3.05) is 5.75 Å². The van der Waals surface area contributed by atoms with E-state index in [0.717, 1.165) is 22.1 Å². The number of rotatable bonds is 7. The summed E-state index contributed by atoms with van der Waals surface area (Å²) in [7, 11) is 0. The third kappa shape index (κ3) is 5.75. The van der Waals surface area contributed by atoms with E-state index in [-0.39, 0.29) is 0 Å². The van der Waals surface area contributed by atoms with E-state index in [1.165, 1.54) is 0 Å². The SMILES string of the molecule is Clc1ccc(SCC(Cn2ccnc2)Sc2ccc(Cl)c(Cl)c2)cc1Cl. The number of aromatic nitrogens is 2. The quantitative estimate of drug-likeness (QED) is 0.338. The Morgan fingerprint density at radius 2 is 1.54 bits per heavy atom. The summed E-state index contributed by atoms with van der Waals surface area (Å²) in [6, 6.07) is 11.4. The van der Waals surface area contributed by atoms with E-state index in [0.29, 0.717) is 25.3 Å². The van der Waals surface area contributed by atoms with E-state index in [4.69, 9.17) is 46.4 Å². The monoisotopic (exact) mass is 462 g/mol. The Balaban J connectivity index is 1.71. The zero-order chi connectivity index (χ0) is 18.5. The van der Waals surface area contributed by atoms with E-state index in [2.05, 4.69) is 9.55 Å². The van der Waals surface area contributed by atoms with Gasteiger partial charge in [0.2, 0.25) is 0 Å². The maximum Gasteiger partial charge on any atom is 0.0946 e. The maximum absolute atomic E-state index is 6.15. The number of halogens is 4. The van der Waals surface area contributed by atoms with Crippen LogP contribution in [0.1, 0.15) is 0 Å². The summed E-state index contributed by atoms with van der Waals surface area (Å²) in [5.41, 5.74) is 0. The smallest absolute Gasteiger partial charge is 0.0946 e. The van der Waals surface area contributed by atoms with E-state index in [1.54, 1.807) is 29.7 Å². The number of thioether (sulfide) groups is 2. The van der Waals surface area contributed by atoms with Crippen LogP contribution < -0.4 is 0 Å².